The topological polar surface area (TPSA) is 60.2 Å². The summed E-state index contributed by atoms with van der Waals surface area (Å²) in [6.07, 6.45) is 1.57. The molecule has 0 atom stereocenters. The third-order valence-electron chi connectivity index (χ3n) is 2.17. The quantitative estimate of drug-likeness (QED) is 0.838. The first-order valence-corrected chi connectivity index (χ1v) is 5.08. The largest absolute Gasteiger partial charge is 0.494 e. The Hall–Kier alpha value is -1.88. The van der Waals surface area contributed by atoms with Crippen molar-refractivity contribution < 1.29 is 9.84 Å². The maximum Gasteiger partial charge on any atom is 0.163 e. The molecule has 16 heavy (non-hydrogen) atoms. The van der Waals surface area contributed by atoms with Gasteiger partial charge in [-0.05, 0) is 19.1 Å². The number of benzene rings is 1. The Morgan fingerprint density at radius 1 is 1.44 bits per heavy atom. The molecule has 5 nitrogen and oxygen atoms in total. The maximum absolute atomic E-state index is 9.09. The molecule has 1 N–H and O–H groups in total. The van der Waals surface area contributed by atoms with Gasteiger partial charge >= 0.3 is 0 Å². The standard InChI is InChI=1S/C11H13N3O2/c1-2-16-10-5-3-4-9(6-10)14-8-12-13-11(14)7-15/h3-6,8,15H,2,7H2,1H3. The molecule has 1 aromatic heterocycles. The lowest BCUT2D eigenvalue weighted by atomic mass is 10.3. The van der Waals surface area contributed by atoms with Crippen LogP contribution in [0.25, 0.3) is 5.69 Å². The molecule has 2 rings (SSSR count). The summed E-state index contributed by atoms with van der Waals surface area (Å²) >= 11 is 0. The van der Waals surface area contributed by atoms with Gasteiger partial charge in [-0.2, -0.15) is 0 Å². The molecule has 2 aromatic rings. The van der Waals surface area contributed by atoms with Crippen molar-refractivity contribution in [3.63, 3.8) is 0 Å². The first-order chi connectivity index (χ1) is 7.85. The molecule has 1 aromatic carbocycles. The van der Waals surface area contributed by atoms with Crippen LogP contribution in [-0.4, -0.2) is 26.5 Å². The van der Waals surface area contributed by atoms with Gasteiger partial charge in [0, 0.05) is 6.07 Å². The average Bonchev–Trinajstić information content (AvgIpc) is 2.78. The van der Waals surface area contributed by atoms with Crippen LogP contribution in [0.3, 0.4) is 0 Å². The number of hydrogen-bond donors (Lipinski definition) is 1. The molecule has 0 radical (unpaired) electrons. The number of ether oxygens (including phenoxy) is 1. The van der Waals surface area contributed by atoms with Crippen LogP contribution in [0.1, 0.15) is 12.7 Å². The van der Waals surface area contributed by atoms with E-state index in [-0.39, 0.29) is 6.61 Å². The second-order valence-corrected chi connectivity index (χ2v) is 3.21. The van der Waals surface area contributed by atoms with Crippen LogP contribution in [-0.2, 0) is 6.61 Å². The highest BCUT2D eigenvalue weighted by atomic mass is 16.5. The average molecular weight is 219 g/mol. The number of aliphatic hydroxyl groups excluding tert-OH is 1. The Kier molecular flexibility index (Phi) is 3.16. The second kappa shape index (κ2) is 4.76. The number of nitrogens with zero attached hydrogens (tertiary/aromatic N) is 3. The molecule has 0 aliphatic carbocycles. The lowest BCUT2D eigenvalue weighted by molar-refractivity contribution is 0.269. The monoisotopic (exact) mass is 219 g/mol. The van der Waals surface area contributed by atoms with Gasteiger partial charge in [-0.1, -0.05) is 6.07 Å². The Morgan fingerprint density at radius 3 is 3.06 bits per heavy atom. The highest BCUT2D eigenvalue weighted by Gasteiger charge is 2.05. The molecule has 0 aliphatic heterocycles. The summed E-state index contributed by atoms with van der Waals surface area (Å²) in [7, 11) is 0. The normalized spacial score (nSPS) is 10.4. The van der Waals surface area contributed by atoms with Crippen molar-refractivity contribution in [2.45, 2.75) is 13.5 Å². The molecular formula is C11H13N3O2. The Balaban J connectivity index is 2.36. The number of rotatable bonds is 4. The van der Waals surface area contributed by atoms with E-state index in [1.165, 1.54) is 0 Å². The van der Waals surface area contributed by atoms with Crippen molar-refractivity contribution in [2.75, 3.05) is 6.61 Å². The zero-order valence-corrected chi connectivity index (χ0v) is 9.00. The van der Waals surface area contributed by atoms with E-state index in [9.17, 15) is 0 Å². The van der Waals surface area contributed by atoms with Gasteiger partial charge in [0.15, 0.2) is 5.82 Å². The zero-order chi connectivity index (χ0) is 11.4. The lowest BCUT2D eigenvalue weighted by Gasteiger charge is -2.07. The third-order valence-corrected chi connectivity index (χ3v) is 2.17. The molecule has 0 saturated carbocycles. The summed E-state index contributed by atoms with van der Waals surface area (Å²) in [5, 5.41) is 16.7. The Morgan fingerprint density at radius 2 is 2.31 bits per heavy atom. The smallest absolute Gasteiger partial charge is 0.163 e. The van der Waals surface area contributed by atoms with Gasteiger partial charge in [0.25, 0.3) is 0 Å². The van der Waals surface area contributed by atoms with Crippen LogP contribution in [0.4, 0.5) is 0 Å². The number of aliphatic hydroxyl groups is 1. The molecule has 0 spiro atoms. The van der Waals surface area contributed by atoms with Gasteiger partial charge in [0.2, 0.25) is 0 Å². The van der Waals surface area contributed by atoms with E-state index in [2.05, 4.69) is 10.2 Å². The van der Waals surface area contributed by atoms with E-state index >= 15 is 0 Å². The molecule has 0 saturated heterocycles. The first kappa shape index (κ1) is 10.6. The van der Waals surface area contributed by atoms with Gasteiger partial charge in [-0.15, -0.1) is 10.2 Å². The molecular weight excluding hydrogens is 206 g/mol. The van der Waals surface area contributed by atoms with Crippen LogP contribution in [0, 0.1) is 0 Å². The summed E-state index contributed by atoms with van der Waals surface area (Å²) in [6.45, 7) is 2.42. The minimum absolute atomic E-state index is 0.140. The molecule has 84 valence electrons. The molecule has 0 aliphatic rings. The minimum Gasteiger partial charge on any atom is -0.494 e. The molecule has 5 heteroatoms. The first-order valence-electron chi connectivity index (χ1n) is 5.08. The summed E-state index contributed by atoms with van der Waals surface area (Å²) in [4.78, 5) is 0. The van der Waals surface area contributed by atoms with Gasteiger partial charge < -0.3 is 9.84 Å². The highest BCUT2D eigenvalue weighted by Crippen LogP contribution is 2.17. The van der Waals surface area contributed by atoms with Crippen molar-refractivity contribution in [1.29, 1.82) is 0 Å². The van der Waals surface area contributed by atoms with Gasteiger partial charge in [0.1, 0.15) is 18.7 Å². The predicted octanol–water partition coefficient (Wildman–Crippen LogP) is 1.16. The number of aromatic nitrogens is 3. The third kappa shape index (κ3) is 2.04. The van der Waals surface area contributed by atoms with Crippen LogP contribution in [0.5, 0.6) is 5.75 Å². The predicted molar refractivity (Wildman–Crippen MR) is 58.5 cm³/mol. The van der Waals surface area contributed by atoms with E-state index in [1.807, 2.05) is 31.2 Å². The van der Waals surface area contributed by atoms with Crippen LogP contribution < -0.4 is 4.74 Å². The van der Waals surface area contributed by atoms with Crippen LogP contribution in [0.2, 0.25) is 0 Å². The molecule has 0 bridgehead atoms. The van der Waals surface area contributed by atoms with Gasteiger partial charge in [-0.3, -0.25) is 4.57 Å². The second-order valence-electron chi connectivity index (χ2n) is 3.21. The SMILES string of the molecule is CCOc1cccc(-n2cnnc2CO)c1. The fourth-order valence-corrected chi connectivity index (χ4v) is 1.47. The van der Waals surface area contributed by atoms with Crippen molar-refractivity contribution in [1.82, 2.24) is 14.8 Å². The fourth-order valence-electron chi connectivity index (χ4n) is 1.47. The maximum atomic E-state index is 9.09. The van der Waals surface area contributed by atoms with E-state index in [1.54, 1.807) is 10.9 Å². The van der Waals surface area contributed by atoms with E-state index in [4.69, 9.17) is 9.84 Å². The van der Waals surface area contributed by atoms with E-state index in [0.717, 1.165) is 11.4 Å². The van der Waals surface area contributed by atoms with E-state index < -0.39 is 0 Å². The number of hydrogen-bond acceptors (Lipinski definition) is 4. The zero-order valence-electron chi connectivity index (χ0n) is 9.00. The van der Waals surface area contributed by atoms with Crippen molar-refractivity contribution in [2.24, 2.45) is 0 Å². The molecule has 1 heterocycles. The summed E-state index contributed by atoms with van der Waals surface area (Å²) in [5.41, 5.74) is 0.875. The molecule has 0 amide bonds. The van der Waals surface area contributed by atoms with E-state index in [0.29, 0.717) is 12.4 Å². The Labute approximate surface area is 93.3 Å². The van der Waals surface area contributed by atoms with Crippen LogP contribution in [0.15, 0.2) is 30.6 Å². The van der Waals surface area contributed by atoms with Crippen molar-refractivity contribution >= 4 is 0 Å². The van der Waals surface area contributed by atoms with Gasteiger partial charge in [-0.25, -0.2) is 0 Å². The minimum atomic E-state index is -0.140. The Bertz CT molecular complexity index is 468. The lowest BCUT2D eigenvalue weighted by Crippen LogP contribution is -2.00. The highest BCUT2D eigenvalue weighted by molar-refractivity contribution is 5.39. The summed E-state index contributed by atoms with van der Waals surface area (Å²) < 4.78 is 7.13. The van der Waals surface area contributed by atoms with Crippen LogP contribution >= 0.6 is 0 Å². The fraction of sp³-hybridized carbons (Fsp3) is 0.273. The van der Waals surface area contributed by atoms with Crippen molar-refractivity contribution in [3.05, 3.63) is 36.4 Å². The summed E-state index contributed by atoms with van der Waals surface area (Å²) in [6, 6.07) is 7.56. The van der Waals surface area contributed by atoms with Crippen molar-refractivity contribution in [3.8, 4) is 11.4 Å². The summed E-state index contributed by atoms with van der Waals surface area (Å²) in [5.74, 6) is 1.30. The molecule has 0 unspecified atom stereocenters. The van der Waals surface area contributed by atoms with Gasteiger partial charge in [0.05, 0.1) is 12.3 Å². The molecule has 0 fully saturated rings.